The van der Waals surface area contributed by atoms with Gasteiger partial charge in [0, 0.05) is 37.2 Å². The first-order chi connectivity index (χ1) is 11.8. The minimum atomic E-state index is -0.127. The molecule has 0 aromatic heterocycles. The number of hydrogen-bond acceptors (Lipinski definition) is 4. The van der Waals surface area contributed by atoms with Crippen molar-refractivity contribution in [1.29, 1.82) is 0 Å². The molecule has 0 radical (unpaired) electrons. The van der Waals surface area contributed by atoms with Gasteiger partial charge in [0.15, 0.2) is 6.29 Å². The van der Waals surface area contributed by atoms with E-state index in [4.69, 9.17) is 9.47 Å². The highest BCUT2D eigenvalue weighted by atomic mass is 16.7. The zero-order valence-corrected chi connectivity index (χ0v) is 13.9. The third kappa shape index (κ3) is 3.37. The Morgan fingerprint density at radius 2 is 2.08 bits per heavy atom. The lowest BCUT2D eigenvalue weighted by Crippen LogP contribution is -2.36. The SMILES string of the molecule is O=C1N=Cc2cc(N3CCC(COC4CCCCO4)CC3)ccc21. The van der Waals surface area contributed by atoms with Crippen LogP contribution >= 0.6 is 0 Å². The number of benzene rings is 1. The van der Waals surface area contributed by atoms with E-state index in [-0.39, 0.29) is 12.2 Å². The number of rotatable bonds is 4. The summed E-state index contributed by atoms with van der Waals surface area (Å²) in [6, 6.07) is 6.02. The normalized spacial score (nSPS) is 24.4. The molecule has 0 aliphatic carbocycles. The highest BCUT2D eigenvalue weighted by Crippen LogP contribution is 2.27. The van der Waals surface area contributed by atoms with E-state index < -0.39 is 0 Å². The molecule has 1 aromatic carbocycles. The molecular formula is C19H24N2O3. The summed E-state index contributed by atoms with van der Waals surface area (Å²) in [5.41, 5.74) is 2.84. The first-order valence-corrected chi connectivity index (χ1v) is 9.00. The number of carbonyl (C=O) groups is 1. The topological polar surface area (TPSA) is 51.1 Å². The van der Waals surface area contributed by atoms with E-state index in [0.717, 1.165) is 63.1 Å². The summed E-state index contributed by atoms with van der Waals surface area (Å²) in [5.74, 6) is 0.488. The number of carbonyl (C=O) groups excluding carboxylic acids is 1. The van der Waals surface area contributed by atoms with Gasteiger partial charge in [-0.2, -0.15) is 0 Å². The molecule has 2 fully saturated rings. The van der Waals surface area contributed by atoms with Gasteiger partial charge >= 0.3 is 0 Å². The summed E-state index contributed by atoms with van der Waals surface area (Å²) in [4.78, 5) is 17.8. The van der Waals surface area contributed by atoms with Crippen LogP contribution in [-0.2, 0) is 9.47 Å². The molecule has 5 nitrogen and oxygen atoms in total. The summed E-state index contributed by atoms with van der Waals surface area (Å²) in [6.07, 6.45) is 7.38. The maximum Gasteiger partial charge on any atom is 0.277 e. The van der Waals surface area contributed by atoms with E-state index in [9.17, 15) is 4.79 Å². The molecule has 1 atom stereocenters. The Morgan fingerprint density at radius 1 is 1.21 bits per heavy atom. The van der Waals surface area contributed by atoms with Crippen LogP contribution in [0.3, 0.4) is 0 Å². The van der Waals surface area contributed by atoms with Gasteiger partial charge in [-0.15, -0.1) is 0 Å². The lowest BCUT2D eigenvalue weighted by atomic mass is 9.97. The third-order valence-corrected chi connectivity index (χ3v) is 5.22. The number of hydrogen-bond donors (Lipinski definition) is 0. The Hall–Kier alpha value is -1.72. The number of piperidine rings is 1. The molecule has 1 unspecified atom stereocenters. The van der Waals surface area contributed by atoms with Crippen molar-refractivity contribution < 1.29 is 14.3 Å². The molecule has 0 spiro atoms. The Bertz CT molecular complexity index is 629. The van der Waals surface area contributed by atoms with Gasteiger partial charge in [0.25, 0.3) is 5.91 Å². The van der Waals surface area contributed by atoms with Crippen LogP contribution in [-0.4, -0.2) is 44.7 Å². The predicted octanol–water partition coefficient (Wildman–Crippen LogP) is 3.02. The second kappa shape index (κ2) is 7.03. The molecule has 128 valence electrons. The molecule has 2 saturated heterocycles. The van der Waals surface area contributed by atoms with Crippen LogP contribution in [0.2, 0.25) is 0 Å². The average Bonchev–Trinajstić information content (AvgIpc) is 3.02. The molecular weight excluding hydrogens is 304 g/mol. The van der Waals surface area contributed by atoms with Crippen molar-refractivity contribution in [2.75, 3.05) is 31.2 Å². The van der Waals surface area contributed by atoms with Gasteiger partial charge in [-0.3, -0.25) is 4.79 Å². The zero-order chi connectivity index (χ0) is 16.4. The average molecular weight is 328 g/mol. The van der Waals surface area contributed by atoms with Crippen molar-refractivity contribution in [3.63, 3.8) is 0 Å². The largest absolute Gasteiger partial charge is 0.371 e. The first kappa shape index (κ1) is 15.8. The fourth-order valence-electron chi connectivity index (χ4n) is 3.69. The monoisotopic (exact) mass is 328 g/mol. The summed E-state index contributed by atoms with van der Waals surface area (Å²) in [7, 11) is 0. The number of fused-ring (bicyclic) bond motifs is 1. The fourth-order valence-corrected chi connectivity index (χ4v) is 3.69. The first-order valence-electron chi connectivity index (χ1n) is 9.00. The van der Waals surface area contributed by atoms with E-state index in [1.54, 1.807) is 6.21 Å². The Kier molecular flexibility index (Phi) is 4.63. The summed E-state index contributed by atoms with van der Waals surface area (Å²) in [6.45, 7) is 3.71. The molecule has 3 aliphatic rings. The molecule has 3 aliphatic heterocycles. The van der Waals surface area contributed by atoms with Crippen molar-refractivity contribution in [1.82, 2.24) is 0 Å². The van der Waals surface area contributed by atoms with Gasteiger partial charge in [-0.25, -0.2) is 4.99 Å². The standard InChI is InChI=1S/C19H24N2O3/c22-19-17-5-4-16(11-15(17)12-20-19)21-8-6-14(7-9-21)13-24-18-3-1-2-10-23-18/h4-5,11-12,14,18H,1-3,6-10,13H2. The van der Waals surface area contributed by atoms with Crippen molar-refractivity contribution in [3.05, 3.63) is 29.3 Å². The van der Waals surface area contributed by atoms with Crippen molar-refractivity contribution in [2.45, 2.75) is 38.4 Å². The van der Waals surface area contributed by atoms with Crippen molar-refractivity contribution >= 4 is 17.8 Å². The van der Waals surface area contributed by atoms with Crippen LogP contribution in [0.15, 0.2) is 23.2 Å². The maximum absolute atomic E-state index is 11.6. The molecule has 1 aromatic rings. The second-order valence-electron chi connectivity index (χ2n) is 6.89. The number of amides is 1. The number of nitrogens with zero attached hydrogens (tertiary/aromatic N) is 2. The quantitative estimate of drug-likeness (QED) is 0.852. The van der Waals surface area contributed by atoms with Crippen molar-refractivity contribution in [2.24, 2.45) is 10.9 Å². The number of ether oxygens (including phenoxy) is 2. The lowest BCUT2D eigenvalue weighted by molar-refractivity contribution is -0.169. The minimum absolute atomic E-state index is 0.0188. The van der Waals surface area contributed by atoms with Gasteiger partial charge in [-0.1, -0.05) is 0 Å². The third-order valence-electron chi connectivity index (χ3n) is 5.22. The Balaban J connectivity index is 1.28. The molecule has 1 amide bonds. The van der Waals surface area contributed by atoms with Crippen LogP contribution < -0.4 is 4.90 Å². The predicted molar refractivity (Wildman–Crippen MR) is 92.8 cm³/mol. The molecule has 5 heteroatoms. The van der Waals surface area contributed by atoms with Gasteiger partial charge < -0.3 is 14.4 Å². The molecule has 3 heterocycles. The van der Waals surface area contributed by atoms with Crippen LogP contribution in [0.1, 0.15) is 48.0 Å². The smallest absolute Gasteiger partial charge is 0.277 e. The summed E-state index contributed by atoms with van der Waals surface area (Å²) >= 11 is 0. The van der Waals surface area contributed by atoms with Crippen molar-refractivity contribution in [3.8, 4) is 0 Å². The Labute approximate surface area is 142 Å². The van der Waals surface area contributed by atoms with Gasteiger partial charge in [0.05, 0.1) is 12.2 Å². The highest BCUT2D eigenvalue weighted by molar-refractivity contribution is 6.13. The van der Waals surface area contributed by atoms with Crippen LogP contribution in [0, 0.1) is 5.92 Å². The molecule has 24 heavy (non-hydrogen) atoms. The second-order valence-corrected chi connectivity index (χ2v) is 6.89. The lowest BCUT2D eigenvalue weighted by Gasteiger charge is -2.34. The van der Waals surface area contributed by atoms with Crippen LogP contribution in [0.5, 0.6) is 0 Å². The molecule has 0 N–H and O–H groups in total. The van der Waals surface area contributed by atoms with Gasteiger partial charge in [0.1, 0.15) is 0 Å². The molecule has 4 rings (SSSR count). The highest BCUT2D eigenvalue weighted by Gasteiger charge is 2.23. The number of aliphatic imine (C=N–C) groups is 1. The van der Waals surface area contributed by atoms with Gasteiger partial charge in [-0.05, 0) is 56.2 Å². The minimum Gasteiger partial charge on any atom is -0.371 e. The maximum atomic E-state index is 11.6. The van der Waals surface area contributed by atoms with E-state index in [0.29, 0.717) is 5.92 Å². The summed E-state index contributed by atoms with van der Waals surface area (Å²) in [5, 5.41) is 0. The molecule has 0 bridgehead atoms. The zero-order valence-electron chi connectivity index (χ0n) is 13.9. The van der Waals surface area contributed by atoms with E-state index >= 15 is 0 Å². The van der Waals surface area contributed by atoms with Gasteiger partial charge in [0.2, 0.25) is 0 Å². The number of anilines is 1. The van der Waals surface area contributed by atoms with E-state index in [1.165, 1.54) is 12.1 Å². The molecule has 0 saturated carbocycles. The summed E-state index contributed by atoms with van der Waals surface area (Å²) < 4.78 is 11.6. The van der Waals surface area contributed by atoms with E-state index in [1.807, 2.05) is 12.1 Å². The Morgan fingerprint density at radius 3 is 2.88 bits per heavy atom. The van der Waals surface area contributed by atoms with Crippen LogP contribution in [0.25, 0.3) is 0 Å². The van der Waals surface area contributed by atoms with Crippen LogP contribution in [0.4, 0.5) is 5.69 Å². The fraction of sp³-hybridized carbons (Fsp3) is 0.579. The van der Waals surface area contributed by atoms with E-state index in [2.05, 4.69) is 16.0 Å².